The molecular formula is C17H17ClN2O. The van der Waals surface area contributed by atoms with Gasteiger partial charge in [-0.25, -0.2) is 4.98 Å². The second-order valence-electron chi connectivity index (χ2n) is 4.51. The smallest absolute Gasteiger partial charge is 0.127 e. The van der Waals surface area contributed by atoms with Gasteiger partial charge in [0.2, 0.25) is 0 Å². The minimum absolute atomic E-state index is 0. The van der Waals surface area contributed by atoms with Crippen molar-refractivity contribution in [3.8, 4) is 16.9 Å². The molecule has 0 aliphatic carbocycles. The van der Waals surface area contributed by atoms with Gasteiger partial charge in [0.05, 0.1) is 12.9 Å². The maximum Gasteiger partial charge on any atom is 0.127 e. The Bertz CT molecular complexity index is 654. The highest BCUT2D eigenvalue weighted by Gasteiger charge is 2.04. The van der Waals surface area contributed by atoms with Gasteiger partial charge in [0.25, 0.3) is 0 Å². The highest BCUT2D eigenvalue weighted by molar-refractivity contribution is 5.85. The largest absolute Gasteiger partial charge is 0.491 e. The Kier molecular flexibility index (Phi) is 5.41. The summed E-state index contributed by atoms with van der Waals surface area (Å²) >= 11 is 0. The van der Waals surface area contributed by atoms with Crippen LogP contribution in [0.3, 0.4) is 0 Å². The van der Waals surface area contributed by atoms with Crippen LogP contribution in [0.2, 0.25) is 0 Å². The van der Waals surface area contributed by atoms with Gasteiger partial charge in [-0.05, 0) is 11.6 Å². The normalized spacial score (nSPS) is 9.90. The van der Waals surface area contributed by atoms with E-state index in [2.05, 4.69) is 23.2 Å². The van der Waals surface area contributed by atoms with Crippen LogP contribution in [-0.4, -0.2) is 16.2 Å². The van der Waals surface area contributed by atoms with Crippen LogP contribution in [0, 0.1) is 0 Å². The third-order valence-corrected chi connectivity index (χ3v) is 3.14. The van der Waals surface area contributed by atoms with Crippen LogP contribution in [0.1, 0.15) is 0 Å². The SMILES string of the molecule is Cl.c1ccc(-c2ccccc2OCCn2ccnc2)cc1. The van der Waals surface area contributed by atoms with Crippen LogP contribution in [-0.2, 0) is 6.54 Å². The summed E-state index contributed by atoms with van der Waals surface area (Å²) in [4.78, 5) is 4.02. The first kappa shape index (κ1) is 15.1. The van der Waals surface area contributed by atoms with Crippen molar-refractivity contribution in [1.29, 1.82) is 0 Å². The van der Waals surface area contributed by atoms with E-state index in [4.69, 9.17) is 4.74 Å². The Balaban J connectivity index is 0.00000161. The zero-order chi connectivity index (χ0) is 13.6. The van der Waals surface area contributed by atoms with Gasteiger partial charge in [-0.3, -0.25) is 0 Å². The van der Waals surface area contributed by atoms with Gasteiger partial charge in [0.15, 0.2) is 0 Å². The topological polar surface area (TPSA) is 27.1 Å². The van der Waals surface area contributed by atoms with Crippen molar-refractivity contribution in [1.82, 2.24) is 9.55 Å². The zero-order valence-corrected chi connectivity index (χ0v) is 12.4. The van der Waals surface area contributed by atoms with Gasteiger partial charge in [0, 0.05) is 18.0 Å². The van der Waals surface area contributed by atoms with E-state index in [0.717, 1.165) is 17.9 Å². The lowest BCUT2D eigenvalue weighted by Crippen LogP contribution is -2.06. The third kappa shape index (κ3) is 3.86. The van der Waals surface area contributed by atoms with Gasteiger partial charge in [-0.2, -0.15) is 0 Å². The van der Waals surface area contributed by atoms with Crippen LogP contribution in [0.4, 0.5) is 0 Å². The molecule has 0 saturated carbocycles. The second-order valence-corrected chi connectivity index (χ2v) is 4.51. The molecule has 0 spiro atoms. The lowest BCUT2D eigenvalue weighted by Gasteiger charge is -2.11. The van der Waals surface area contributed by atoms with Gasteiger partial charge in [-0.1, -0.05) is 48.5 Å². The van der Waals surface area contributed by atoms with Crippen molar-refractivity contribution in [2.75, 3.05) is 6.61 Å². The predicted octanol–water partition coefficient (Wildman–Crippen LogP) is 4.05. The summed E-state index contributed by atoms with van der Waals surface area (Å²) in [6.45, 7) is 1.42. The van der Waals surface area contributed by atoms with E-state index in [9.17, 15) is 0 Å². The molecule has 1 aromatic heterocycles. The molecule has 0 bridgehead atoms. The van der Waals surface area contributed by atoms with Crippen molar-refractivity contribution < 1.29 is 4.74 Å². The monoisotopic (exact) mass is 300 g/mol. The number of benzene rings is 2. The Labute approximate surface area is 130 Å². The number of halogens is 1. The molecule has 0 saturated heterocycles. The van der Waals surface area contributed by atoms with E-state index < -0.39 is 0 Å². The van der Waals surface area contributed by atoms with Crippen LogP contribution >= 0.6 is 12.4 Å². The van der Waals surface area contributed by atoms with Crippen molar-refractivity contribution in [2.45, 2.75) is 6.54 Å². The van der Waals surface area contributed by atoms with E-state index in [1.54, 1.807) is 12.5 Å². The molecule has 0 radical (unpaired) electrons. The summed E-state index contributed by atoms with van der Waals surface area (Å²) in [7, 11) is 0. The highest BCUT2D eigenvalue weighted by atomic mass is 35.5. The first-order chi connectivity index (χ1) is 9.93. The van der Waals surface area contributed by atoms with E-state index in [-0.39, 0.29) is 12.4 Å². The minimum atomic E-state index is 0. The van der Waals surface area contributed by atoms with Crippen molar-refractivity contribution in [3.05, 3.63) is 73.3 Å². The van der Waals surface area contributed by atoms with Crippen molar-refractivity contribution in [2.24, 2.45) is 0 Å². The van der Waals surface area contributed by atoms with Crippen LogP contribution in [0.25, 0.3) is 11.1 Å². The molecule has 0 amide bonds. The Morgan fingerprint density at radius 1 is 0.952 bits per heavy atom. The van der Waals surface area contributed by atoms with Gasteiger partial charge in [0.1, 0.15) is 12.4 Å². The maximum absolute atomic E-state index is 5.92. The molecule has 0 N–H and O–H groups in total. The van der Waals surface area contributed by atoms with Crippen molar-refractivity contribution in [3.63, 3.8) is 0 Å². The summed E-state index contributed by atoms with van der Waals surface area (Å²) in [5.41, 5.74) is 2.30. The van der Waals surface area contributed by atoms with E-state index in [1.165, 1.54) is 5.56 Å². The average Bonchev–Trinajstić information content (AvgIpc) is 3.02. The molecule has 3 rings (SSSR count). The summed E-state index contributed by atoms with van der Waals surface area (Å²) < 4.78 is 7.92. The maximum atomic E-state index is 5.92. The van der Waals surface area contributed by atoms with Gasteiger partial charge in [-0.15, -0.1) is 12.4 Å². The quantitative estimate of drug-likeness (QED) is 0.711. The Morgan fingerprint density at radius 2 is 1.71 bits per heavy atom. The zero-order valence-electron chi connectivity index (χ0n) is 11.6. The Morgan fingerprint density at radius 3 is 2.48 bits per heavy atom. The number of aromatic nitrogens is 2. The lowest BCUT2D eigenvalue weighted by molar-refractivity contribution is 0.299. The molecule has 108 valence electrons. The molecule has 21 heavy (non-hydrogen) atoms. The first-order valence-electron chi connectivity index (χ1n) is 6.66. The number of imidazole rings is 1. The molecule has 1 heterocycles. The lowest BCUT2D eigenvalue weighted by atomic mass is 10.1. The molecule has 4 heteroatoms. The molecule has 0 fully saturated rings. The number of rotatable bonds is 5. The molecule has 0 aliphatic heterocycles. The second kappa shape index (κ2) is 7.50. The standard InChI is InChI=1S/C17H16N2O.ClH/c1-2-6-15(7-3-1)16-8-4-5-9-17(16)20-13-12-19-11-10-18-14-19;/h1-11,14H,12-13H2;1H. The Hall–Kier alpha value is -2.26. The predicted molar refractivity (Wildman–Crippen MR) is 86.8 cm³/mol. The highest BCUT2D eigenvalue weighted by Crippen LogP contribution is 2.29. The number of hydrogen-bond donors (Lipinski definition) is 0. The van der Waals surface area contributed by atoms with Gasteiger partial charge < -0.3 is 9.30 Å². The average molecular weight is 301 g/mol. The van der Waals surface area contributed by atoms with Crippen LogP contribution in [0.15, 0.2) is 73.3 Å². The molecule has 0 aliphatic rings. The molecule has 2 aromatic carbocycles. The molecular weight excluding hydrogens is 284 g/mol. The molecule has 3 nitrogen and oxygen atoms in total. The molecule has 0 unspecified atom stereocenters. The summed E-state index contributed by atoms with van der Waals surface area (Å²) in [6.07, 6.45) is 5.51. The number of hydrogen-bond acceptors (Lipinski definition) is 2. The van der Waals surface area contributed by atoms with E-state index in [1.807, 2.05) is 47.2 Å². The number of ether oxygens (including phenoxy) is 1. The van der Waals surface area contributed by atoms with E-state index >= 15 is 0 Å². The fraction of sp³-hybridized carbons (Fsp3) is 0.118. The summed E-state index contributed by atoms with van der Waals surface area (Å²) in [6, 6.07) is 18.4. The minimum Gasteiger partial charge on any atom is -0.491 e. The summed E-state index contributed by atoms with van der Waals surface area (Å²) in [5, 5.41) is 0. The third-order valence-electron chi connectivity index (χ3n) is 3.14. The summed E-state index contributed by atoms with van der Waals surface area (Å²) in [5.74, 6) is 0.916. The molecule has 3 aromatic rings. The first-order valence-corrected chi connectivity index (χ1v) is 6.66. The van der Waals surface area contributed by atoms with Crippen LogP contribution in [0.5, 0.6) is 5.75 Å². The van der Waals surface area contributed by atoms with Crippen LogP contribution < -0.4 is 4.74 Å². The van der Waals surface area contributed by atoms with Gasteiger partial charge >= 0.3 is 0 Å². The van der Waals surface area contributed by atoms with E-state index in [0.29, 0.717) is 6.61 Å². The fourth-order valence-corrected chi connectivity index (χ4v) is 2.13. The van der Waals surface area contributed by atoms with Crippen molar-refractivity contribution >= 4 is 12.4 Å². The fourth-order valence-electron chi connectivity index (χ4n) is 2.13. The molecule has 0 atom stereocenters. The number of nitrogens with zero attached hydrogens (tertiary/aromatic N) is 2. The number of para-hydroxylation sites is 1.